The molecule has 86 valence electrons. The van der Waals surface area contributed by atoms with Crippen LogP contribution >= 0.6 is 15.9 Å². The summed E-state index contributed by atoms with van der Waals surface area (Å²) in [5, 5.41) is 3.41. The zero-order valence-electron chi connectivity index (χ0n) is 9.59. The highest BCUT2D eigenvalue weighted by molar-refractivity contribution is 9.10. The summed E-state index contributed by atoms with van der Waals surface area (Å²) in [6.45, 7) is 7.05. The van der Waals surface area contributed by atoms with Crippen molar-refractivity contribution in [3.63, 3.8) is 0 Å². The van der Waals surface area contributed by atoms with Crippen molar-refractivity contribution in [2.75, 3.05) is 31.1 Å². The van der Waals surface area contributed by atoms with Gasteiger partial charge in [0.05, 0.1) is 0 Å². The third-order valence-corrected chi connectivity index (χ3v) is 4.43. The van der Waals surface area contributed by atoms with E-state index in [4.69, 9.17) is 0 Å². The van der Waals surface area contributed by atoms with E-state index < -0.39 is 0 Å². The Morgan fingerprint density at radius 3 is 2.75 bits per heavy atom. The fraction of sp³-hybridized carbons (Fsp3) is 0.538. The highest BCUT2D eigenvalue weighted by atomic mass is 79.9. The lowest BCUT2D eigenvalue weighted by atomic mass is 9.81. The Kier molecular flexibility index (Phi) is 2.48. The van der Waals surface area contributed by atoms with Crippen LogP contribution in [0.25, 0.3) is 0 Å². The standard InChI is InChI=1S/C13H17BrN2/c1-10-6-11(14)2-3-12(10)16-5-4-13(9-16)7-15-8-13/h2-3,6,15H,4-5,7-9H2,1H3. The van der Waals surface area contributed by atoms with Gasteiger partial charge in [-0.25, -0.2) is 0 Å². The van der Waals surface area contributed by atoms with Crippen LogP contribution in [0.1, 0.15) is 12.0 Å². The van der Waals surface area contributed by atoms with Gasteiger partial charge in [0.1, 0.15) is 0 Å². The second-order valence-corrected chi connectivity index (χ2v) is 6.12. The molecule has 2 heterocycles. The first-order chi connectivity index (χ1) is 7.69. The van der Waals surface area contributed by atoms with Crippen molar-refractivity contribution in [3.8, 4) is 0 Å². The lowest BCUT2D eigenvalue weighted by Gasteiger charge is -2.39. The van der Waals surface area contributed by atoms with Gasteiger partial charge in [-0.05, 0) is 37.1 Å². The topological polar surface area (TPSA) is 15.3 Å². The number of benzene rings is 1. The first kappa shape index (κ1) is 10.6. The Hall–Kier alpha value is -0.540. The Bertz CT molecular complexity index is 412. The summed E-state index contributed by atoms with van der Waals surface area (Å²) < 4.78 is 1.17. The molecule has 0 radical (unpaired) electrons. The van der Waals surface area contributed by atoms with Crippen LogP contribution in [0.15, 0.2) is 22.7 Å². The van der Waals surface area contributed by atoms with Crippen molar-refractivity contribution < 1.29 is 0 Å². The van der Waals surface area contributed by atoms with E-state index in [1.807, 2.05) is 0 Å². The molecule has 0 bridgehead atoms. The fourth-order valence-electron chi connectivity index (χ4n) is 2.88. The molecule has 0 aromatic heterocycles. The molecule has 16 heavy (non-hydrogen) atoms. The average molecular weight is 281 g/mol. The van der Waals surface area contributed by atoms with E-state index in [1.165, 1.54) is 48.3 Å². The van der Waals surface area contributed by atoms with Gasteiger partial charge < -0.3 is 10.2 Å². The van der Waals surface area contributed by atoms with Gasteiger partial charge in [0.25, 0.3) is 0 Å². The van der Waals surface area contributed by atoms with E-state index in [0.717, 1.165) is 0 Å². The molecule has 2 aliphatic rings. The SMILES string of the molecule is Cc1cc(Br)ccc1N1CCC2(CNC2)C1. The van der Waals surface area contributed by atoms with Gasteiger partial charge in [-0.3, -0.25) is 0 Å². The molecule has 0 amide bonds. The molecule has 1 aromatic rings. The Labute approximate surface area is 105 Å². The quantitative estimate of drug-likeness (QED) is 0.851. The number of hydrogen-bond donors (Lipinski definition) is 1. The smallest absolute Gasteiger partial charge is 0.0396 e. The number of aryl methyl sites for hydroxylation is 1. The third-order valence-electron chi connectivity index (χ3n) is 3.94. The van der Waals surface area contributed by atoms with Crippen molar-refractivity contribution in [1.82, 2.24) is 5.32 Å². The molecule has 1 spiro atoms. The second-order valence-electron chi connectivity index (χ2n) is 5.21. The van der Waals surface area contributed by atoms with Crippen LogP contribution in [-0.4, -0.2) is 26.2 Å². The number of nitrogens with one attached hydrogen (secondary N) is 1. The molecule has 2 saturated heterocycles. The monoisotopic (exact) mass is 280 g/mol. The normalized spacial score (nSPS) is 22.5. The van der Waals surface area contributed by atoms with Crippen LogP contribution in [0.4, 0.5) is 5.69 Å². The summed E-state index contributed by atoms with van der Waals surface area (Å²) in [7, 11) is 0. The Morgan fingerprint density at radius 1 is 1.38 bits per heavy atom. The first-order valence-electron chi connectivity index (χ1n) is 5.90. The maximum atomic E-state index is 3.52. The van der Waals surface area contributed by atoms with Crippen LogP contribution in [0.5, 0.6) is 0 Å². The van der Waals surface area contributed by atoms with Gasteiger partial charge in [-0.1, -0.05) is 15.9 Å². The zero-order valence-corrected chi connectivity index (χ0v) is 11.2. The molecule has 2 nitrogen and oxygen atoms in total. The Morgan fingerprint density at radius 2 is 2.19 bits per heavy atom. The maximum absolute atomic E-state index is 3.52. The molecule has 2 aliphatic heterocycles. The predicted octanol–water partition coefficient (Wildman–Crippen LogP) is 2.56. The molecule has 0 saturated carbocycles. The van der Waals surface area contributed by atoms with Crippen LogP contribution < -0.4 is 10.2 Å². The highest BCUT2D eigenvalue weighted by Crippen LogP contribution is 2.37. The first-order valence-corrected chi connectivity index (χ1v) is 6.70. The molecular weight excluding hydrogens is 264 g/mol. The van der Waals surface area contributed by atoms with E-state index in [2.05, 4.69) is 51.3 Å². The number of nitrogens with zero attached hydrogens (tertiary/aromatic N) is 1. The average Bonchev–Trinajstić information content (AvgIpc) is 2.62. The van der Waals surface area contributed by atoms with Gasteiger partial charge in [0, 0.05) is 41.8 Å². The van der Waals surface area contributed by atoms with E-state index in [1.54, 1.807) is 0 Å². The van der Waals surface area contributed by atoms with Crippen molar-refractivity contribution in [2.24, 2.45) is 5.41 Å². The van der Waals surface area contributed by atoms with Gasteiger partial charge in [-0.15, -0.1) is 0 Å². The minimum atomic E-state index is 0.583. The van der Waals surface area contributed by atoms with Crippen molar-refractivity contribution in [1.29, 1.82) is 0 Å². The van der Waals surface area contributed by atoms with Gasteiger partial charge >= 0.3 is 0 Å². The van der Waals surface area contributed by atoms with Crippen LogP contribution in [0.3, 0.4) is 0 Å². The molecule has 0 atom stereocenters. The summed E-state index contributed by atoms with van der Waals surface area (Å²) in [6, 6.07) is 6.59. The second kappa shape index (κ2) is 3.74. The maximum Gasteiger partial charge on any atom is 0.0396 e. The van der Waals surface area contributed by atoms with Crippen molar-refractivity contribution in [2.45, 2.75) is 13.3 Å². The van der Waals surface area contributed by atoms with Crippen LogP contribution in [-0.2, 0) is 0 Å². The van der Waals surface area contributed by atoms with E-state index in [0.29, 0.717) is 5.41 Å². The minimum absolute atomic E-state index is 0.583. The highest BCUT2D eigenvalue weighted by Gasteiger charge is 2.43. The minimum Gasteiger partial charge on any atom is -0.371 e. The number of anilines is 1. The molecule has 3 rings (SSSR count). The molecule has 3 heteroatoms. The van der Waals surface area contributed by atoms with E-state index in [9.17, 15) is 0 Å². The van der Waals surface area contributed by atoms with Gasteiger partial charge in [0.15, 0.2) is 0 Å². The van der Waals surface area contributed by atoms with Gasteiger partial charge in [0.2, 0.25) is 0 Å². The number of hydrogen-bond acceptors (Lipinski definition) is 2. The lowest BCUT2D eigenvalue weighted by Crippen LogP contribution is -2.54. The van der Waals surface area contributed by atoms with Gasteiger partial charge in [-0.2, -0.15) is 0 Å². The number of rotatable bonds is 1. The summed E-state index contributed by atoms with van der Waals surface area (Å²) in [5.41, 5.74) is 3.37. The Balaban J connectivity index is 1.83. The van der Waals surface area contributed by atoms with Crippen molar-refractivity contribution in [3.05, 3.63) is 28.2 Å². The summed E-state index contributed by atoms with van der Waals surface area (Å²) in [4.78, 5) is 2.54. The predicted molar refractivity (Wildman–Crippen MR) is 71.0 cm³/mol. The molecule has 0 aliphatic carbocycles. The molecule has 1 N–H and O–H groups in total. The van der Waals surface area contributed by atoms with Crippen molar-refractivity contribution >= 4 is 21.6 Å². The molecule has 0 unspecified atom stereocenters. The van der Waals surface area contributed by atoms with Crippen LogP contribution in [0.2, 0.25) is 0 Å². The van der Waals surface area contributed by atoms with E-state index >= 15 is 0 Å². The fourth-order valence-corrected chi connectivity index (χ4v) is 3.36. The number of halogens is 1. The molecular formula is C13H17BrN2. The molecule has 2 fully saturated rings. The van der Waals surface area contributed by atoms with E-state index in [-0.39, 0.29) is 0 Å². The largest absolute Gasteiger partial charge is 0.371 e. The summed E-state index contributed by atoms with van der Waals surface area (Å²) in [6.07, 6.45) is 1.34. The summed E-state index contributed by atoms with van der Waals surface area (Å²) in [5.74, 6) is 0. The molecule has 1 aromatic carbocycles. The lowest BCUT2D eigenvalue weighted by molar-refractivity contribution is 0.200. The zero-order chi connectivity index (χ0) is 11.2. The summed E-state index contributed by atoms with van der Waals surface area (Å²) >= 11 is 3.52. The van der Waals surface area contributed by atoms with Crippen LogP contribution in [0, 0.1) is 12.3 Å². The third kappa shape index (κ3) is 1.66.